The summed E-state index contributed by atoms with van der Waals surface area (Å²) in [6.07, 6.45) is 0.970. The molecule has 0 saturated carbocycles. The van der Waals surface area contributed by atoms with Gasteiger partial charge < -0.3 is 4.90 Å². The Labute approximate surface area is 99.6 Å². The molecule has 0 aliphatic heterocycles. The highest BCUT2D eigenvalue weighted by Crippen LogP contribution is 2.26. The number of hydrogen-bond donors (Lipinski definition) is 0. The van der Waals surface area contributed by atoms with E-state index in [2.05, 4.69) is 6.92 Å². The van der Waals surface area contributed by atoms with Gasteiger partial charge in [-0.05, 0) is 30.8 Å². The van der Waals surface area contributed by atoms with Crippen LogP contribution in [-0.4, -0.2) is 11.0 Å². The van der Waals surface area contributed by atoms with Gasteiger partial charge in [-0.15, -0.1) is 0 Å². The zero-order chi connectivity index (χ0) is 10.6. The third kappa shape index (κ3) is 2.84. The number of nitrogens with zero attached hydrogens (tertiary/aromatic N) is 1. The van der Waals surface area contributed by atoms with E-state index in [-0.39, 0.29) is 0 Å². The minimum atomic E-state index is 0.333. The van der Waals surface area contributed by atoms with Crippen molar-refractivity contribution >= 4 is 45.6 Å². The Morgan fingerprint density at radius 2 is 2.07 bits per heavy atom. The molecule has 0 heterocycles. The van der Waals surface area contributed by atoms with Gasteiger partial charge in [-0.1, -0.05) is 42.3 Å². The van der Waals surface area contributed by atoms with E-state index in [1.807, 2.05) is 29.2 Å². The van der Waals surface area contributed by atoms with E-state index in [1.54, 1.807) is 0 Å². The summed E-state index contributed by atoms with van der Waals surface area (Å²) < 4.78 is 0.333. The number of rotatable bonds is 3. The molecular formula is C10H11Cl2NS. The van der Waals surface area contributed by atoms with Crippen LogP contribution in [0.5, 0.6) is 0 Å². The summed E-state index contributed by atoms with van der Waals surface area (Å²) in [7, 11) is 0. The molecular weight excluding hydrogens is 237 g/mol. The summed E-state index contributed by atoms with van der Waals surface area (Å²) in [4.78, 5) is 1.83. The minimum Gasteiger partial charge on any atom is -0.322 e. The van der Waals surface area contributed by atoms with Crippen molar-refractivity contribution < 1.29 is 0 Å². The molecule has 0 saturated heterocycles. The second-order valence-corrected chi connectivity index (χ2v) is 4.23. The second kappa shape index (κ2) is 5.54. The number of anilines is 1. The van der Waals surface area contributed by atoms with Crippen molar-refractivity contribution in [3.05, 3.63) is 29.3 Å². The average molecular weight is 248 g/mol. The van der Waals surface area contributed by atoms with Crippen LogP contribution in [-0.2, 0) is 0 Å². The summed E-state index contributed by atoms with van der Waals surface area (Å²) >= 11 is 16.8. The zero-order valence-electron chi connectivity index (χ0n) is 7.84. The lowest BCUT2D eigenvalue weighted by molar-refractivity contribution is 0.913. The van der Waals surface area contributed by atoms with Gasteiger partial charge in [-0.25, -0.2) is 0 Å². The number of benzene rings is 1. The highest BCUT2D eigenvalue weighted by Gasteiger charge is 2.11. The molecule has 14 heavy (non-hydrogen) atoms. The van der Waals surface area contributed by atoms with Crippen LogP contribution in [0.2, 0.25) is 5.02 Å². The van der Waals surface area contributed by atoms with Crippen LogP contribution in [0.4, 0.5) is 5.69 Å². The lowest BCUT2D eigenvalue weighted by Gasteiger charge is -2.22. The van der Waals surface area contributed by atoms with Gasteiger partial charge >= 0.3 is 0 Å². The lowest BCUT2D eigenvalue weighted by Crippen LogP contribution is -2.26. The van der Waals surface area contributed by atoms with E-state index in [0.717, 1.165) is 18.7 Å². The van der Waals surface area contributed by atoms with Crippen LogP contribution in [0.25, 0.3) is 0 Å². The van der Waals surface area contributed by atoms with Crippen LogP contribution in [0.3, 0.4) is 0 Å². The molecule has 0 aromatic heterocycles. The maximum Gasteiger partial charge on any atom is 0.174 e. The molecule has 0 aliphatic carbocycles. The van der Waals surface area contributed by atoms with E-state index in [9.17, 15) is 0 Å². The van der Waals surface area contributed by atoms with Gasteiger partial charge in [-0.3, -0.25) is 0 Å². The molecule has 0 spiro atoms. The molecule has 0 atom stereocenters. The molecule has 76 valence electrons. The van der Waals surface area contributed by atoms with Crippen LogP contribution >= 0.6 is 35.4 Å². The zero-order valence-corrected chi connectivity index (χ0v) is 10.2. The Hall–Kier alpha value is -0.310. The quantitative estimate of drug-likeness (QED) is 0.450. The summed E-state index contributed by atoms with van der Waals surface area (Å²) in [6, 6.07) is 7.54. The van der Waals surface area contributed by atoms with Crippen molar-refractivity contribution in [3.63, 3.8) is 0 Å². The Morgan fingerprint density at radius 3 is 2.57 bits per heavy atom. The highest BCUT2D eigenvalue weighted by atomic mass is 35.5. The first-order valence-electron chi connectivity index (χ1n) is 4.38. The smallest absolute Gasteiger partial charge is 0.174 e. The van der Waals surface area contributed by atoms with Crippen molar-refractivity contribution in [2.45, 2.75) is 13.3 Å². The fraction of sp³-hybridized carbons (Fsp3) is 0.300. The topological polar surface area (TPSA) is 3.24 Å². The van der Waals surface area contributed by atoms with Crippen molar-refractivity contribution in [1.82, 2.24) is 0 Å². The predicted molar refractivity (Wildman–Crippen MR) is 67.5 cm³/mol. The number of thiocarbonyl (C=S) groups is 1. The molecule has 1 aromatic rings. The monoisotopic (exact) mass is 247 g/mol. The highest BCUT2D eigenvalue weighted by molar-refractivity contribution is 7.83. The van der Waals surface area contributed by atoms with E-state index < -0.39 is 0 Å². The molecule has 0 unspecified atom stereocenters. The van der Waals surface area contributed by atoms with Gasteiger partial charge in [0, 0.05) is 6.54 Å². The number of para-hydroxylation sites is 1. The van der Waals surface area contributed by atoms with Gasteiger partial charge in [0.15, 0.2) is 4.45 Å². The Morgan fingerprint density at radius 1 is 1.43 bits per heavy atom. The molecule has 0 radical (unpaired) electrons. The van der Waals surface area contributed by atoms with Gasteiger partial charge in [0.2, 0.25) is 0 Å². The third-order valence-electron chi connectivity index (χ3n) is 1.80. The van der Waals surface area contributed by atoms with Crippen molar-refractivity contribution in [2.24, 2.45) is 0 Å². The van der Waals surface area contributed by atoms with Crippen LogP contribution < -0.4 is 4.90 Å². The lowest BCUT2D eigenvalue weighted by atomic mass is 10.3. The molecule has 0 fully saturated rings. The van der Waals surface area contributed by atoms with Crippen molar-refractivity contribution in [1.29, 1.82) is 0 Å². The fourth-order valence-corrected chi connectivity index (χ4v) is 1.80. The molecule has 1 aromatic carbocycles. The Balaban J connectivity index is 2.99. The fourth-order valence-electron chi connectivity index (χ4n) is 1.20. The van der Waals surface area contributed by atoms with Crippen molar-refractivity contribution in [2.75, 3.05) is 11.4 Å². The maximum atomic E-state index is 6.04. The first-order valence-corrected chi connectivity index (χ1v) is 5.54. The SMILES string of the molecule is CCCN(C(=S)Cl)c1ccccc1Cl. The summed E-state index contributed by atoms with van der Waals surface area (Å²) in [5.74, 6) is 0. The number of halogens is 2. The third-order valence-corrected chi connectivity index (χ3v) is 2.55. The summed E-state index contributed by atoms with van der Waals surface area (Å²) in [6.45, 7) is 2.85. The summed E-state index contributed by atoms with van der Waals surface area (Å²) in [5, 5.41) is 0.670. The Kier molecular flexibility index (Phi) is 4.66. The van der Waals surface area contributed by atoms with Crippen LogP contribution in [0.15, 0.2) is 24.3 Å². The molecule has 0 aliphatic rings. The normalized spacial score (nSPS) is 9.93. The predicted octanol–water partition coefficient (Wildman–Crippen LogP) is 4.08. The first kappa shape index (κ1) is 11.8. The van der Waals surface area contributed by atoms with Crippen LogP contribution in [0.1, 0.15) is 13.3 Å². The first-order chi connectivity index (χ1) is 6.66. The van der Waals surface area contributed by atoms with Gasteiger partial charge in [-0.2, -0.15) is 0 Å². The minimum absolute atomic E-state index is 0.333. The standard InChI is InChI=1S/C10H11Cl2NS/c1-2-7-13(10(12)14)9-6-4-3-5-8(9)11/h3-6H,2,7H2,1H3. The number of hydrogen-bond acceptors (Lipinski definition) is 1. The van der Waals surface area contributed by atoms with E-state index in [0.29, 0.717) is 9.47 Å². The van der Waals surface area contributed by atoms with Crippen molar-refractivity contribution in [3.8, 4) is 0 Å². The maximum absolute atomic E-state index is 6.04. The van der Waals surface area contributed by atoms with Gasteiger partial charge in [0.05, 0.1) is 10.7 Å². The van der Waals surface area contributed by atoms with E-state index >= 15 is 0 Å². The molecule has 0 amide bonds. The second-order valence-electron chi connectivity index (χ2n) is 2.86. The average Bonchev–Trinajstić information content (AvgIpc) is 2.15. The molecule has 4 heteroatoms. The van der Waals surface area contributed by atoms with E-state index in [4.69, 9.17) is 35.4 Å². The molecule has 1 rings (SSSR count). The molecule has 0 N–H and O–H groups in total. The van der Waals surface area contributed by atoms with Gasteiger partial charge in [0.25, 0.3) is 0 Å². The largest absolute Gasteiger partial charge is 0.322 e. The molecule has 0 bridgehead atoms. The molecule has 1 nitrogen and oxygen atoms in total. The van der Waals surface area contributed by atoms with Crippen LogP contribution in [0, 0.1) is 0 Å². The van der Waals surface area contributed by atoms with E-state index in [1.165, 1.54) is 0 Å². The Bertz CT molecular complexity index is 328. The van der Waals surface area contributed by atoms with Gasteiger partial charge in [0.1, 0.15) is 0 Å². The summed E-state index contributed by atoms with van der Waals surface area (Å²) in [5.41, 5.74) is 0.871.